The summed E-state index contributed by atoms with van der Waals surface area (Å²) in [6.07, 6.45) is -2.63. The third-order valence-corrected chi connectivity index (χ3v) is 5.59. The summed E-state index contributed by atoms with van der Waals surface area (Å²) in [6, 6.07) is 4.78. The molecule has 0 spiro atoms. The molecule has 3 rings (SSSR count). The lowest BCUT2D eigenvalue weighted by molar-refractivity contribution is -0.137. The first-order chi connectivity index (χ1) is 14.1. The van der Waals surface area contributed by atoms with E-state index < -0.39 is 22.7 Å². The molecule has 160 valence electrons. The van der Waals surface area contributed by atoms with Crippen LogP contribution in [0.3, 0.4) is 0 Å². The molecule has 1 aromatic heterocycles. The molecule has 2 heterocycles. The number of nitrogens with zero attached hydrogens (tertiary/aromatic N) is 4. The summed E-state index contributed by atoms with van der Waals surface area (Å²) in [6.45, 7) is 1.92. The van der Waals surface area contributed by atoms with Gasteiger partial charge in [0, 0.05) is 31.9 Å². The molecule has 2 N–H and O–H groups in total. The van der Waals surface area contributed by atoms with Crippen molar-refractivity contribution in [1.29, 1.82) is 0 Å². The van der Waals surface area contributed by atoms with E-state index in [1.54, 1.807) is 31.0 Å². The monoisotopic (exact) mass is 439 g/mol. The van der Waals surface area contributed by atoms with Gasteiger partial charge in [0.15, 0.2) is 0 Å². The number of hydrogen-bond donors (Lipinski definition) is 1. The van der Waals surface area contributed by atoms with E-state index in [0.717, 1.165) is 17.3 Å². The number of likely N-dealkylation sites (tertiary alicyclic amines) is 1. The summed E-state index contributed by atoms with van der Waals surface area (Å²) in [4.78, 5) is 18.8. The predicted molar refractivity (Wildman–Crippen MR) is 109 cm³/mol. The molecule has 2 aromatic rings. The molecule has 0 saturated carbocycles. The lowest BCUT2D eigenvalue weighted by atomic mass is 9.92. The fourth-order valence-electron chi connectivity index (χ4n) is 3.54. The van der Waals surface area contributed by atoms with Crippen LogP contribution in [0.15, 0.2) is 41.0 Å². The first-order valence-corrected chi connectivity index (χ1v) is 9.53. The minimum Gasteiger partial charge on any atom is -0.397 e. The minimum absolute atomic E-state index is 0.108. The molecule has 1 amide bonds. The number of carbonyl (C=O) groups is 1. The topological polar surface area (TPSA) is 76.5 Å². The van der Waals surface area contributed by atoms with Crippen molar-refractivity contribution in [2.45, 2.75) is 25.6 Å². The fraction of sp³-hybridized carbons (Fsp3) is 0.350. The van der Waals surface area contributed by atoms with E-state index in [1.807, 2.05) is 6.92 Å². The molecule has 30 heavy (non-hydrogen) atoms. The number of piperidine rings is 1. The molecule has 0 radical (unpaired) electrons. The van der Waals surface area contributed by atoms with Crippen molar-refractivity contribution < 1.29 is 18.0 Å². The van der Waals surface area contributed by atoms with Crippen LogP contribution in [-0.2, 0) is 13.2 Å². The normalized spacial score (nSPS) is 20.6. The van der Waals surface area contributed by atoms with Crippen molar-refractivity contribution in [3.63, 3.8) is 0 Å². The quantitative estimate of drug-likeness (QED) is 0.773. The highest BCUT2D eigenvalue weighted by Gasteiger charge is 2.37. The van der Waals surface area contributed by atoms with Gasteiger partial charge in [-0.2, -0.15) is 18.3 Å². The lowest BCUT2D eigenvalue weighted by Crippen LogP contribution is -2.47. The average molecular weight is 440 g/mol. The first kappa shape index (κ1) is 21.9. The Labute approximate surface area is 176 Å². The van der Waals surface area contributed by atoms with Gasteiger partial charge in [-0.25, -0.2) is 0 Å². The Hall–Kier alpha value is -2.81. The zero-order chi connectivity index (χ0) is 22.2. The first-order valence-electron chi connectivity index (χ1n) is 9.16. The second kappa shape index (κ2) is 8.14. The van der Waals surface area contributed by atoms with Crippen molar-refractivity contribution >= 4 is 28.9 Å². The van der Waals surface area contributed by atoms with Gasteiger partial charge in [-0.3, -0.25) is 14.5 Å². The minimum atomic E-state index is -4.65. The van der Waals surface area contributed by atoms with Crippen molar-refractivity contribution in [3.05, 3.63) is 57.9 Å². The fourth-order valence-corrected chi connectivity index (χ4v) is 3.86. The second-order valence-corrected chi connectivity index (χ2v) is 7.43. The molecule has 0 aliphatic carbocycles. The summed E-state index contributed by atoms with van der Waals surface area (Å²) in [5.41, 5.74) is 7.72. The van der Waals surface area contributed by atoms with Gasteiger partial charge >= 0.3 is 6.18 Å². The van der Waals surface area contributed by atoms with Crippen molar-refractivity contribution in [2.75, 3.05) is 13.6 Å². The zero-order valence-corrected chi connectivity index (χ0v) is 17.4. The third-order valence-electron chi connectivity index (χ3n) is 5.19. The van der Waals surface area contributed by atoms with Crippen LogP contribution in [0.1, 0.15) is 35.0 Å². The van der Waals surface area contributed by atoms with Crippen molar-refractivity contribution in [1.82, 2.24) is 14.7 Å². The maximum atomic E-state index is 13.2. The maximum absolute atomic E-state index is 13.2. The summed E-state index contributed by atoms with van der Waals surface area (Å²) in [5.74, 6) is -0.585. The number of amides is 1. The largest absolute Gasteiger partial charge is 0.417 e. The molecular weight excluding hydrogens is 419 g/mol. The molecule has 1 aliphatic heterocycles. The van der Waals surface area contributed by atoms with Gasteiger partial charge in [0.2, 0.25) is 0 Å². The van der Waals surface area contributed by atoms with Gasteiger partial charge in [0.05, 0.1) is 39.8 Å². The molecule has 0 bridgehead atoms. The smallest absolute Gasteiger partial charge is 0.397 e. The van der Waals surface area contributed by atoms with Crippen molar-refractivity contribution in [3.8, 4) is 0 Å². The molecule has 1 saturated heterocycles. The second-order valence-electron chi connectivity index (χ2n) is 7.05. The molecule has 10 heteroatoms. The van der Waals surface area contributed by atoms with E-state index in [-0.39, 0.29) is 18.2 Å². The van der Waals surface area contributed by atoms with Gasteiger partial charge in [0.1, 0.15) is 0 Å². The molecule has 1 aromatic carbocycles. The number of nitrogens with two attached hydrogens (primary N) is 1. The van der Waals surface area contributed by atoms with E-state index >= 15 is 0 Å². The summed E-state index contributed by atoms with van der Waals surface area (Å²) in [7, 11) is 3.35. The van der Waals surface area contributed by atoms with E-state index in [2.05, 4.69) is 10.1 Å². The van der Waals surface area contributed by atoms with E-state index in [9.17, 15) is 18.0 Å². The number of carbonyl (C=O) groups excluding carboxylic acids is 1. The van der Waals surface area contributed by atoms with Crippen LogP contribution >= 0.6 is 11.6 Å². The Kier molecular flexibility index (Phi) is 5.94. The van der Waals surface area contributed by atoms with Crippen LogP contribution < -0.4 is 5.73 Å². The van der Waals surface area contributed by atoms with Gasteiger partial charge in [0.25, 0.3) is 5.91 Å². The summed E-state index contributed by atoms with van der Waals surface area (Å²) < 4.78 is 41.2. The lowest BCUT2D eigenvalue weighted by Gasteiger charge is -2.36. The van der Waals surface area contributed by atoms with Gasteiger partial charge in [-0.05, 0) is 31.5 Å². The molecular formula is C20H21ClF3N5O. The summed E-state index contributed by atoms with van der Waals surface area (Å²) >= 11 is 5.95. The Morgan fingerprint density at radius 1 is 1.33 bits per heavy atom. The predicted octanol–water partition coefficient (Wildman–Crippen LogP) is 3.77. The highest BCUT2D eigenvalue weighted by Crippen LogP contribution is 2.37. The number of rotatable bonds is 2. The number of hydrogen-bond acceptors (Lipinski definition) is 4. The Morgan fingerprint density at radius 3 is 2.60 bits per heavy atom. The van der Waals surface area contributed by atoms with Gasteiger partial charge in [-0.1, -0.05) is 17.7 Å². The van der Waals surface area contributed by atoms with E-state index in [1.165, 1.54) is 17.0 Å². The van der Waals surface area contributed by atoms with Gasteiger partial charge in [-0.15, -0.1) is 0 Å². The van der Waals surface area contributed by atoms with Crippen LogP contribution in [-0.4, -0.2) is 45.9 Å². The standard InChI is InChI=1S/C20H21ClF3N5O/c1-11-9-13(18(25)16-7-8-27-28(16)3)15(26-2)10-29(11)19(30)12-5-4-6-14(17(12)21)20(22,23)24/h4-8,11H,9-10,25H2,1-3H3. The third kappa shape index (κ3) is 3.94. The van der Waals surface area contributed by atoms with Crippen LogP contribution in [0.25, 0.3) is 5.70 Å². The van der Waals surface area contributed by atoms with Crippen LogP contribution in [0.2, 0.25) is 5.02 Å². The molecule has 1 aliphatic rings. The number of alkyl halides is 3. The molecule has 1 atom stereocenters. The van der Waals surface area contributed by atoms with Gasteiger partial charge < -0.3 is 10.6 Å². The highest BCUT2D eigenvalue weighted by molar-refractivity contribution is 6.34. The summed E-state index contributed by atoms with van der Waals surface area (Å²) in [5, 5.41) is 3.51. The number of halogens is 4. The zero-order valence-electron chi connectivity index (χ0n) is 16.7. The molecule has 1 fully saturated rings. The number of aliphatic imine (C=N–C) groups is 1. The number of benzene rings is 1. The van der Waals surface area contributed by atoms with E-state index in [4.69, 9.17) is 17.3 Å². The Bertz CT molecular complexity index is 1040. The average Bonchev–Trinajstić information content (AvgIpc) is 3.11. The van der Waals surface area contributed by atoms with Crippen LogP contribution in [0, 0.1) is 0 Å². The van der Waals surface area contributed by atoms with Crippen LogP contribution in [0.4, 0.5) is 13.2 Å². The SMILES string of the molecule is CN=C1CN(C(=O)c2cccc(C(F)(F)F)c2Cl)C(C)CC1=C(N)c1ccnn1C. The van der Waals surface area contributed by atoms with Crippen LogP contribution in [0.5, 0.6) is 0 Å². The molecule has 6 nitrogen and oxygen atoms in total. The van der Waals surface area contributed by atoms with Crippen molar-refractivity contribution in [2.24, 2.45) is 17.8 Å². The molecule has 1 unspecified atom stereocenters. The maximum Gasteiger partial charge on any atom is 0.417 e. The van der Waals surface area contributed by atoms with E-state index in [0.29, 0.717) is 17.8 Å². The Morgan fingerprint density at radius 2 is 2.03 bits per heavy atom. The highest BCUT2D eigenvalue weighted by atomic mass is 35.5. The number of aromatic nitrogens is 2. The Balaban J connectivity index is 1.96. The number of aryl methyl sites for hydroxylation is 1.